The summed E-state index contributed by atoms with van der Waals surface area (Å²) >= 11 is 0. The Morgan fingerprint density at radius 3 is 2.71 bits per heavy atom. The monoisotopic (exact) mass is 292 g/mol. The maximum absolute atomic E-state index is 9.04. The summed E-state index contributed by atoms with van der Waals surface area (Å²) in [6.45, 7) is 4.68. The largest absolute Gasteiger partial charge is 0.388 e. The van der Waals surface area contributed by atoms with Crippen molar-refractivity contribution < 1.29 is 9.63 Å². The van der Waals surface area contributed by atoms with Crippen molar-refractivity contribution in [3.05, 3.63) is 17.5 Å². The van der Waals surface area contributed by atoms with E-state index >= 15 is 0 Å². The van der Waals surface area contributed by atoms with Crippen LogP contribution in [0, 0.1) is 11.3 Å². The average Bonchev–Trinajstić information content (AvgIpc) is 2.95. The Balaban J connectivity index is 1.52. The molecule has 1 aromatic heterocycles. The van der Waals surface area contributed by atoms with E-state index in [1.807, 2.05) is 6.07 Å². The predicted octanol–water partition coefficient (Wildman–Crippen LogP) is 3.05. The van der Waals surface area contributed by atoms with Gasteiger partial charge in [-0.2, -0.15) is 0 Å². The minimum Gasteiger partial charge on any atom is -0.388 e. The van der Waals surface area contributed by atoms with Gasteiger partial charge in [-0.25, -0.2) is 0 Å². The van der Waals surface area contributed by atoms with Crippen LogP contribution in [0.1, 0.15) is 63.8 Å². The molecular weight excluding hydrogens is 264 g/mol. The van der Waals surface area contributed by atoms with Gasteiger partial charge < -0.3 is 14.9 Å². The Hall–Kier alpha value is -0.870. The normalized spacial score (nSPS) is 29.3. The zero-order valence-corrected chi connectivity index (χ0v) is 13.3. The number of hydrogen-bond acceptors (Lipinski definition) is 4. The van der Waals surface area contributed by atoms with Crippen LogP contribution < -0.4 is 5.32 Å². The lowest BCUT2D eigenvalue weighted by Gasteiger charge is -2.54. The smallest absolute Gasteiger partial charge is 0.162 e. The van der Waals surface area contributed by atoms with Gasteiger partial charge in [0.1, 0.15) is 6.61 Å². The van der Waals surface area contributed by atoms with Crippen molar-refractivity contribution in [1.29, 1.82) is 0 Å². The third-order valence-electron chi connectivity index (χ3n) is 5.73. The van der Waals surface area contributed by atoms with E-state index in [1.165, 1.54) is 38.5 Å². The minimum absolute atomic E-state index is 0.0626. The quantitative estimate of drug-likeness (QED) is 0.876. The van der Waals surface area contributed by atoms with E-state index in [2.05, 4.69) is 24.3 Å². The standard InChI is InChI=1S/C17H28N2O2/c1-17(2)12(8-14-10-15(11-20)21-19-14)9-16(17)18-13-6-4-3-5-7-13/h10,12-13,16,18,20H,3-9,11H2,1-2H3/t12-,16+/m1/s1. The van der Waals surface area contributed by atoms with Crippen molar-refractivity contribution in [3.63, 3.8) is 0 Å². The van der Waals surface area contributed by atoms with E-state index < -0.39 is 0 Å². The Labute approximate surface area is 127 Å². The molecule has 0 saturated heterocycles. The third kappa shape index (κ3) is 3.16. The highest BCUT2D eigenvalue weighted by molar-refractivity contribution is 5.11. The Morgan fingerprint density at radius 1 is 1.33 bits per heavy atom. The van der Waals surface area contributed by atoms with Crippen LogP contribution in [0.15, 0.2) is 10.6 Å². The summed E-state index contributed by atoms with van der Waals surface area (Å²) in [5, 5.41) is 17.0. The fourth-order valence-corrected chi connectivity index (χ4v) is 3.98. The van der Waals surface area contributed by atoms with Crippen molar-refractivity contribution in [2.75, 3.05) is 0 Å². The molecule has 0 unspecified atom stereocenters. The first-order valence-electron chi connectivity index (χ1n) is 8.41. The molecule has 0 spiro atoms. The van der Waals surface area contributed by atoms with Crippen molar-refractivity contribution in [1.82, 2.24) is 10.5 Å². The van der Waals surface area contributed by atoms with E-state index in [4.69, 9.17) is 9.63 Å². The molecule has 2 N–H and O–H groups in total. The molecule has 0 amide bonds. The van der Waals surface area contributed by atoms with Crippen LogP contribution in [0.5, 0.6) is 0 Å². The molecule has 0 radical (unpaired) electrons. The molecule has 118 valence electrons. The summed E-state index contributed by atoms with van der Waals surface area (Å²) in [5.74, 6) is 1.22. The highest BCUT2D eigenvalue weighted by atomic mass is 16.5. The van der Waals surface area contributed by atoms with Gasteiger partial charge in [-0.1, -0.05) is 38.3 Å². The minimum atomic E-state index is -0.0626. The lowest BCUT2D eigenvalue weighted by Crippen LogP contribution is -2.59. The van der Waals surface area contributed by atoms with Gasteiger partial charge in [0.05, 0.1) is 5.69 Å². The fourth-order valence-electron chi connectivity index (χ4n) is 3.98. The van der Waals surface area contributed by atoms with Gasteiger partial charge in [0.15, 0.2) is 5.76 Å². The summed E-state index contributed by atoms with van der Waals surface area (Å²) < 4.78 is 5.08. The number of rotatable bonds is 5. The summed E-state index contributed by atoms with van der Waals surface area (Å²) in [6.07, 6.45) is 9.06. The van der Waals surface area contributed by atoms with Gasteiger partial charge in [0.25, 0.3) is 0 Å². The average molecular weight is 292 g/mol. The first-order chi connectivity index (χ1) is 10.1. The Morgan fingerprint density at radius 2 is 2.10 bits per heavy atom. The van der Waals surface area contributed by atoms with Gasteiger partial charge in [0, 0.05) is 18.2 Å². The second kappa shape index (κ2) is 6.09. The number of aliphatic hydroxyl groups is 1. The lowest BCUT2D eigenvalue weighted by atomic mass is 9.57. The van der Waals surface area contributed by atoms with Crippen molar-refractivity contribution in [3.8, 4) is 0 Å². The number of aromatic nitrogens is 1. The molecule has 1 aromatic rings. The van der Waals surface area contributed by atoms with Gasteiger partial charge in [-0.05, 0) is 37.0 Å². The van der Waals surface area contributed by atoms with Crippen LogP contribution in [0.3, 0.4) is 0 Å². The second-order valence-corrected chi connectivity index (χ2v) is 7.45. The number of nitrogens with zero attached hydrogens (tertiary/aromatic N) is 1. The molecule has 2 aliphatic rings. The molecule has 2 atom stereocenters. The van der Waals surface area contributed by atoms with Crippen LogP contribution >= 0.6 is 0 Å². The van der Waals surface area contributed by atoms with E-state index in [0.717, 1.165) is 18.2 Å². The van der Waals surface area contributed by atoms with Crippen LogP contribution in [0.2, 0.25) is 0 Å². The molecule has 21 heavy (non-hydrogen) atoms. The molecule has 2 saturated carbocycles. The molecule has 0 aromatic carbocycles. The van der Waals surface area contributed by atoms with Gasteiger partial charge >= 0.3 is 0 Å². The zero-order chi connectivity index (χ0) is 14.9. The first-order valence-corrected chi connectivity index (χ1v) is 8.41. The van der Waals surface area contributed by atoms with E-state index in [9.17, 15) is 0 Å². The fraction of sp³-hybridized carbons (Fsp3) is 0.824. The topological polar surface area (TPSA) is 58.3 Å². The lowest BCUT2D eigenvalue weighted by molar-refractivity contribution is 0.00398. The van der Waals surface area contributed by atoms with Gasteiger partial charge in [0.2, 0.25) is 0 Å². The van der Waals surface area contributed by atoms with Crippen LogP contribution in [0.25, 0.3) is 0 Å². The third-order valence-corrected chi connectivity index (χ3v) is 5.73. The number of aliphatic hydroxyl groups excluding tert-OH is 1. The Kier molecular flexibility index (Phi) is 4.36. The SMILES string of the molecule is CC1(C)[C@H](Cc2cc(CO)on2)C[C@@H]1NC1CCCCC1. The molecule has 2 fully saturated rings. The van der Waals surface area contributed by atoms with Crippen LogP contribution in [-0.2, 0) is 13.0 Å². The maximum Gasteiger partial charge on any atom is 0.162 e. The molecule has 2 aliphatic carbocycles. The molecule has 1 heterocycles. The molecule has 0 bridgehead atoms. The van der Waals surface area contributed by atoms with E-state index in [-0.39, 0.29) is 6.61 Å². The summed E-state index contributed by atoms with van der Waals surface area (Å²) in [7, 11) is 0. The zero-order valence-electron chi connectivity index (χ0n) is 13.3. The molecule has 4 heteroatoms. The van der Waals surface area contributed by atoms with Crippen LogP contribution in [-0.4, -0.2) is 22.3 Å². The first kappa shape index (κ1) is 15.0. The highest BCUT2D eigenvalue weighted by Gasteiger charge is 2.48. The summed E-state index contributed by atoms with van der Waals surface area (Å²) in [6, 6.07) is 3.25. The predicted molar refractivity (Wildman–Crippen MR) is 81.8 cm³/mol. The second-order valence-electron chi connectivity index (χ2n) is 7.45. The van der Waals surface area contributed by atoms with Gasteiger partial charge in [-0.3, -0.25) is 0 Å². The van der Waals surface area contributed by atoms with Crippen LogP contribution in [0.4, 0.5) is 0 Å². The van der Waals surface area contributed by atoms with Crippen molar-refractivity contribution >= 4 is 0 Å². The van der Waals surface area contributed by atoms with Crippen molar-refractivity contribution in [2.24, 2.45) is 11.3 Å². The highest BCUT2D eigenvalue weighted by Crippen LogP contribution is 2.48. The molecule has 0 aliphatic heterocycles. The summed E-state index contributed by atoms with van der Waals surface area (Å²) in [5.41, 5.74) is 1.30. The summed E-state index contributed by atoms with van der Waals surface area (Å²) in [4.78, 5) is 0. The number of hydrogen-bond donors (Lipinski definition) is 2. The number of nitrogens with one attached hydrogen (secondary N) is 1. The molecular formula is C17H28N2O2. The molecule has 3 rings (SSSR count). The molecule has 4 nitrogen and oxygen atoms in total. The van der Waals surface area contributed by atoms with E-state index in [0.29, 0.717) is 23.1 Å². The van der Waals surface area contributed by atoms with Gasteiger partial charge in [-0.15, -0.1) is 0 Å². The Bertz CT molecular complexity index is 463. The maximum atomic E-state index is 9.04. The van der Waals surface area contributed by atoms with E-state index in [1.54, 1.807) is 0 Å². The van der Waals surface area contributed by atoms with Crippen molar-refractivity contribution in [2.45, 2.75) is 77.5 Å².